The summed E-state index contributed by atoms with van der Waals surface area (Å²) in [6.45, 7) is 14.3. The highest BCUT2D eigenvalue weighted by Gasteiger charge is 2.54. The zero-order chi connectivity index (χ0) is 34.0. The van der Waals surface area contributed by atoms with Gasteiger partial charge < -0.3 is 19.3 Å². The van der Waals surface area contributed by atoms with E-state index in [1.54, 1.807) is 23.2 Å². The Labute approximate surface area is 292 Å². The number of nitrogens with one attached hydrogen (secondary N) is 1. The van der Waals surface area contributed by atoms with Gasteiger partial charge in [0.2, 0.25) is 0 Å². The molecule has 2 saturated heterocycles. The van der Waals surface area contributed by atoms with E-state index in [4.69, 9.17) is 9.47 Å². The lowest BCUT2D eigenvalue weighted by atomic mass is 9.61. The molecule has 4 aliphatic rings. The summed E-state index contributed by atoms with van der Waals surface area (Å²) in [5, 5.41) is 0. The van der Waals surface area contributed by atoms with Crippen LogP contribution in [-0.4, -0.2) is 99.5 Å². The molecule has 3 fully saturated rings. The first-order chi connectivity index (χ1) is 23.8. The number of hydrogen-bond donors (Lipinski definition) is 1. The van der Waals surface area contributed by atoms with Crippen molar-refractivity contribution >= 4 is 23.9 Å². The summed E-state index contributed by atoms with van der Waals surface area (Å²) in [5.74, 6) is 1.61. The van der Waals surface area contributed by atoms with Crippen LogP contribution in [-0.2, 0) is 13.0 Å². The van der Waals surface area contributed by atoms with Crippen LogP contribution in [0.5, 0.6) is 17.2 Å². The predicted octanol–water partition coefficient (Wildman–Crippen LogP) is 5.33. The maximum atomic E-state index is 14.3. The number of pyridine rings is 1. The molecule has 0 unspecified atom stereocenters. The number of fused-ring (bicyclic) bond motifs is 1. The molecule has 1 aliphatic carbocycles. The Hall–Kier alpha value is -3.52. The highest BCUT2D eigenvalue weighted by molar-refractivity contribution is 7.95. The van der Waals surface area contributed by atoms with Crippen LogP contribution in [0.2, 0.25) is 0 Å². The SMILES string of the molecule is CCN(C(=O)c1cc(F)ccc1Oc1cncnc1N1CC2(CC(Oc3ccnc4c3CN(CCCNSN3CCC3)CC4)C2)C1)C(C)C. The van der Waals surface area contributed by atoms with Gasteiger partial charge in [-0.2, -0.15) is 0 Å². The average molecular weight is 691 g/mol. The maximum Gasteiger partial charge on any atom is 0.257 e. The molecule has 1 saturated carbocycles. The molecule has 11 nitrogen and oxygen atoms in total. The van der Waals surface area contributed by atoms with Crippen LogP contribution in [0, 0.1) is 11.2 Å². The number of carbonyl (C=O) groups excluding carboxylic acids is 1. The molecule has 1 amide bonds. The second kappa shape index (κ2) is 14.8. The monoisotopic (exact) mass is 690 g/mol. The Kier molecular flexibility index (Phi) is 10.2. The number of rotatable bonds is 14. The highest BCUT2D eigenvalue weighted by atomic mass is 32.2. The molecule has 0 radical (unpaired) electrons. The standard InChI is InChI=1S/C36H47FN8O3S/c1-4-45(25(2)3)35(46)28-17-26(37)7-8-31(28)48-33-20-38-24-40-34(33)43-22-36(23-43)18-27(19-36)47-32-9-12-39-30-10-16-42(21-29(30)32)13-5-11-41-49-44-14-6-15-44/h7-9,12,17,20,24-25,27,41H,4-6,10-11,13-16,18-19,21-23H2,1-3H3. The van der Waals surface area contributed by atoms with E-state index >= 15 is 0 Å². The average Bonchev–Trinajstić information content (AvgIpc) is 3.03. The highest BCUT2D eigenvalue weighted by Crippen LogP contribution is 2.52. The van der Waals surface area contributed by atoms with Gasteiger partial charge >= 0.3 is 0 Å². The van der Waals surface area contributed by atoms with Gasteiger partial charge in [0.05, 0.1) is 11.8 Å². The van der Waals surface area contributed by atoms with Crippen molar-refractivity contribution in [1.82, 2.24) is 33.8 Å². The summed E-state index contributed by atoms with van der Waals surface area (Å²) in [6.07, 6.45) is 10.5. The van der Waals surface area contributed by atoms with Crippen molar-refractivity contribution in [3.05, 3.63) is 65.6 Å². The minimum Gasteiger partial charge on any atom is -0.490 e. The maximum absolute atomic E-state index is 14.3. The number of aromatic nitrogens is 3. The fourth-order valence-corrected chi connectivity index (χ4v) is 8.25. The molecule has 3 aliphatic heterocycles. The first-order valence-electron chi connectivity index (χ1n) is 17.6. The van der Waals surface area contributed by atoms with E-state index in [0.29, 0.717) is 18.1 Å². The van der Waals surface area contributed by atoms with Crippen LogP contribution in [0.3, 0.4) is 0 Å². The van der Waals surface area contributed by atoms with Crippen molar-refractivity contribution in [1.29, 1.82) is 0 Å². The van der Waals surface area contributed by atoms with Gasteiger partial charge in [-0.15, -0.1) is 0 Å². The third-order valence-corrected chi connectivity index (χ3v) is 11.1. The molecule has 1 spiro atoms. The van der Waals surface area contributed by atoms with Gasteiger partial charge in [-0.25, -0.2) is 18.7 Å². The van der Waals surface area contributed by atoms with Crippen LogP contribution in [0.25, 0.3) is 0 Å². The number of hydrogen-bond acceptors (Lipinski definition) is 11. The largest absolute Gasteiger partial charge is 0.490 e. The molecule has 13 heteroatoms. The zero-order valence-electron chi connectivity index (χ0n) is 28.7. The van der Waals surface area contributed by atoms with Crippen LogP contribution < -0.4 is 19.1 Å². The smallest absolute Gasteiger partial charge is 0.257 e. The molecule has 262 valence electrons. The van der Waals surface area contributed by atoms with Crippen molar-refractivity contribution in [2.24, 2.45) is 5.41 Å². The van der Waals surface area contributed by atoms with Gasteiger partial charge in [-0.3, -0.25) is 19.4 Å². The van der Waals surface area contributed by atoms with Crippen LogP contribution in [0.1, 0.15) is 68.1 Å². The third kappa shape index (κ3) is 7.50. The first-order valence-corrected chi connectivity index (χ1v) is 18.4. The Morgan fingerprint density at radius 3 is 2.73 bits per heavy atom. The Balaban J connectivity index is 0.934. The Morgan fingerprint density at radius 2 is 1.98 bits per heavy atom. The molecule has 1 N–H and O–H groups in total. The summed E-state index contributed by atoms with van der Waals surface area (Å²) in [6, 6.07) is 6.04. The Bertz CT molecular complexity index is 1630. The van der Waals surface area contributed by atoms with Crippen molar-refractivity contribution in [2.45, 2.75) is 71.6 Å². The molecule has 1 aromatic carbocycles. The number of nitrogens with zero attached hydrogens (tertiary/aromatic N) is 7. The molecular formula is C36H47FN8O3S. The summed E-state index contributed by atoms with van der Waals surface area (Å²) in [4.78, 5) is 33.2. The predicted molar refractivity (Wildman–Crippen MR) is 188 cm³/mol. The molecule has 5 heterocycles. The number of halogens is 1. The van der Waals surface area contributed by atoms with Gasteiger partial charge in [0.1, 0.15) is 29.7 Å². The van der Waals surface area contributed by atoms with E-state index in [1.807, 2.05) is 33.0 Å². The van der Waals surface area contributed by atoms with E-state index in [2.05, 4.69) is 33.8 Å². The molecule has 0 atom stereocenters. The first kappa shape index (κ1) is 34.0. The molecular weight excluding hydrogens is 644 g/mol. The second-order valence-electron chi connectivity index (χ2n) is 14.0. The lowest BCUT2D eigenvalue weighted by Crippen LogP contribution is -2.65. The van der Waals surface area contributed by atoms with Gasteiger partial charge in [-0.1, -0.05) is 0 Å². The summed E-state index contributed by atoms with van der Waals surface area (Å²) in [7, 11) is 0. The number of anilines is 1. The van der Waals surface area contributed by atoms with Gasteiger partial charge in [0.15, 0.2) is 11.6 Å². The summed E-state index contributed by atoms with van der Waals surface area (Å²) < 4.78 is 33.1. The van der Waals surface area contributed by atoms with Crippen LogP contribution in [0.15, 0.2) is 43.0 Å². The number of ether oxygens (including phenoxy) is 2. The van der Waals surface area contributed by atoms with E-state index in [0.717, 1.165) is 76.4 Å². The van der Waals surface area contributed by atoms with Gasteiger partial charge in [0.25, 0.3) is 5.91 Å². The second-order valence-corrected chi connectivity index (χ2v) is 15.0. The van der Waals surface area contributed by atoms with Crippen molar-refractivity contribution in [3.63, 3.8) is 0 Å². The van der Waals surface area contributed by atoms with E-state index in [1.165, 1.54) is 49.6 Å². The molecule has 2 aromatic heterocycles. The lowest BCUT2D eigenvalue weighted by Gasteiger charge is -2.59. The van der Waals surface area contributed by atoms with Gasteiger partial charge in [0, 0.05) is 99.8 Å². The van der Waals surface area contributed by atoms with Crippen molar-refractivity contribution in [3.8, 4) is 17.2 Å². The van der Waals surface area contributed by atoms with E-state index in [9.17, 15) is 9.18 Å². The number of amides is 1. The molecule has 49 heavy (non-hydrogen) atoms. The minimum atomic E-state index is -0.490. The van der Waals surface area contributed by atoms with Crippen molar-refractivity contribution in [2.75, 3.05) is 57.3 Å². The van der Waals surface area contributed by atoms with Crippen molar-refractivity contribution < 1.29 is 18.7 Å². The molecule has 7 rings (SSSR count). The summed E-state index contributed by atoms with van der Waals surface area (Å²) in [5.41, 5.74) is 2.76. The fraction of sp³-hybridized carbons (Fsp3) is 0.556. The fourth-order valence-electron chi connectivity index (χ4n) is 7.39. The number of carbonyl (C=O) groups is 1. The number of benzene rings is 1. The zero-order valence-corrected chi connectivity index (χ0v) is 29.6. The van der Waals surface area contributed by atoms with Crippen LogP contribution in [0.4, 0.5) is 10.2 Å². The topological polar surface area (TPSA) is 99.2 Å². The Morgan fingerprint density at radius 1 is 1.14 bits per heavy atom. The summed E-state index contributed by atoms with van der Waals surface area (Å²) >= 11 is 1.76. The quantitative estimate of drug-likeness (QED) is 0.176. The lowest BCUT2D eigenvalue weighted by molar-refractivity contribution is -0.0352. The van der Waals surface area contributed by atoms with Gasteiger partial charge in [-0.05, 0) is 77.3 Å². The molecule has 3 aromatic rings. The van der Waals surface area contributed by atoms with Crippen LogP contribution >= 0.6 is 12.1 Å². The normalized spacial score (nSPS) is 18.8. The minimum absolute atomic E-state index is 0.0352. The van der Waals surface area contributed by atoms with E-state index < -0.39 is 5.82 Å². The third-order valence-electron chi connectivity index (χ3n) is 10.2. The van der Waals surface area contributed by atoms with E-state index in [-0.39, 0.29) is 34.8 Å². The molecule has 0 bridgehead atoms.